The number of nitrogens with zero attached hydrogens (tertiary/aromatic N) is 3. The Bertz CT molecular complexity index is 1550. The minimum atomic E-state index is -4.42. The average Bonchev–Trinajstić information content (AvgIpc) is 3.24. The highest BCUT2D eigenvalue weighted by Crippen LogP contribution is 2.58. The van der Waals surface area contributed by atoms with E-state index >= 15 is 0 Å². The SMILES string of the molecule is COc1ccc2c3c1O[C@@H]1C(=O)C=CC(=CC2)[C@]31CCN(C)S(=O)(=O)c1ccc([N+](=O)[O-])cc1[N+](=O)[O-]. The zero-order chi connectivity index (χ0) is 26.7. The third kappa shape index (κ3) is 3.53. The molecule has 0 saturated heterocycles. The van der Waals surface area contributed by atoms with Crippen LogP contribution in [0, 0.1) is 20.2 Å². The van der Waals surface area contributed by atoms with Crippen molar-refractivity contribution in [1.82, 2.24) is 4.31 Å². The summed E-state index contributed by atoms with van der Waals surface area (Å²) in [4.78, 5) is 33.1. The van der Waals surface area contributed by atoms with Gasteiger partial charge in [-0.25, -0.2) is 12.7 Å². The minimum absolute atomic E-state index is 0.120. The van der Waals surface area contributed by atoms with Gasteiger partial charge in [0.1, 0.15) is 0 Å². The molecule has 0 unspecified atom stereocenters. The Morgan fingerprint density at radius 2 is 1.92 bits per heavy atom. The molecule has 2 aromatic rings. The molecular formula is C24H21N3O9S. The van der Waals surface area contributed by atoms with Crippen LogP contribution in [-0.2, 0) is 26.7 Å². The molecule has 2 aliphatic carbocycles. The van der Waals surface area contributed by atoms with Crippen molar-refractivity contribution >= 4 is 27.2 Å². The van der Waals surface area contributed by atoms with Crippen molar-refractivity contribution in [1.29, 1.82) is 0 Å². The van der Waals surface area contributed by atoms with Crippen molar-refractivity contribution in [3.8, 4) is 11.5 Å². The van der Waals surface area contributed by atoms with E-state index in [1.54, 1.807) is 12.1 Å². The third-order valence-electron chi connectivity index (χ3n) is 7.16. The fourth-order valence-corrected chi connectivity index (χ4v) is 6.67. The zero-order valence-corrected chi connectivity index (χ0v) is 20.6. The van der Waals surface area contributed by atoms with Crippen molar-refractivity contribution in [2.75, 3.05) is 20.7 Å². The Balaban J connectivity index is 1.54. The summed E-state index contributed by atoms with van der Waals surface area (Å²) in [5.41, 5.74) is 0.0791. The number of allylic oxidation sites excluding steroid dienone is 2. The molecular weight excluding hydrogens is 506 g/mol. The third-order valence-corrected chi connectivity index (χ3v) is 9.06. The molecule has 3 aliphatic rings. The minimum Gasteiger partial charge on any atom is -0.493 e. The number of rotatable bonds is 8. The molecule has 1 heterocycles. The summed E-state index contributed by atoms with van der Waals surface area (Å²) >= 11 is 0. The number of nitro groups is 2. The van der Waals surface area contributed by atoms with Crippen molar-refractivity contribution in [3.63, 3.8) is 0 Å². The average molecular weight is 528 g/mol. The summed E-state index contributed by atoms with van der Waals surface area (Å²) in [6, 6.07) is 6.05. The smallest absolute Gasteiger partial charge is 0.296 e. The molecule has 0 spiro atoms. The van der Waals surface area contributed by atoms with Crippen LogP contribution in [0.25, 0.3) is 0 Å². The number of nitro benzene ring substituents is 2. The Hall–Kier alpha value is -4.10. The fraction of sp³-hybridized carbons (Fsp3) is 0.292. The van der Waals surface area contributed by atoms with Crippen LogP contribution in [0.2, 0.25) is 0 Å². The first-order valence-corrected chi connectivity index (χ1v) is 12.6. The van der Waals surface area contributed by atoms with E-state index in [2.05, 4.69) is 0 Å². The maximum atomic E-state index is 13.4. The number of ether oxygens (including phenoxy) is 2. The van der Waals surface area contributed by atoms with E-state index in [4.69, 9.17) is 9.47 Å². The van der Waals surface area contributed by atoms with Crippen LogP contribution in [0.5, 0.6) is 11.5 Å². The number of carbonyl (C=O) groups is 1. The van der Waals surface area contributed by atoms with Crippen LogP contribution < -0.4 is 9.47 Å². The van der Waals surface area contributed by atoms with Crippen molar-refractivity contribution < 1.29 is 32.5 Å². The molecule has 0 N–H and O–H groups in total. The number of hydrogen-bond acceptors (Lipinski definition) is 9. The maximum Gasteiger partial charge on any atom is 0.296 e. The molecule has 0 fully saturated rings. The number of hydrogen-bond donors (Lipinski definition) is 0. The van der Waals surface area contributed by atoms with E-state index in [9.17, 15) is 33.4 Å². The summed E-state index contributed by atoms with van der Waals surface area (Å²) in [6.45, 7) is -0.120. The van der Waals surface area contributed by atoms with Gasteiger partial charge in [-0.1, -0.05) is 18.2 Å². The molecule has 0 bridgehead atoms. The maximum absolute atomic E-state index is 13.4. The van der Waals surface area contributed by atoms with Gasteiger partial charge in [-0.15, -0.1) is 0 Å². The van der Waals surface area contributed by atoms with Crippen molar-refractivity contribution in [2.45, 2.75) is 29.3 Å². The van der Waals surface area contributed by atoms with Gasteiger partial charge < -0.3 is 9.47 Å². The largest absolute Gasteiger partial charge is 0.493 e. The molecule has 5 rings (SSSR count). The van der Waals surface area contributed by atoms with Crippen molar-refractivity contribution in [2.24, 2.45) is 0 Å². The van der Waals surface area contributed by atoms with E-state index in [1.165, 1.54) is 20.2 Å². The summed E-state index contributed by atoms with van der Waals surface area (Å²) in [7, 11) is -1.66. The number of ketones is 1. The van der Waals surface area contributed by atoms with Crippen LogP contribution in [0.3, 0.4) is 0 Å². The van der Waals surface area contributed by atoms with Crippen LogP contribution in [-0.4, -0.2) is 55.2 Å². The lowest BCUT2D eigenvalue weighted by molar-refractivity contribution is -0.396. The number of carbonyl (C=O) groups excluding carboxylic acids is 1. The van der Waals surface area contributed by atoms with E-state index in [0.29, 0.717) is 24.0 Å². The normalized spacial score (nSPS) is 21.3. The number of methoxy groups -OCH3 is 1. The predicted molar refractivity (Wildman–Crippen MR) is 129 cm³/mol. The molecule has 192 valence electrons. The van der Waals surface area contributed by atoms with E-state index in [-0.39, 0.29) is 18.7 Å². The molecule has 1 aliphatic heterocycles. The van der Waals surface area contributed by atoms with Crippen LogP contribution in [0.1, 0.15) is 17.5 Å². The second-order valence-electron chi connectivity index (χ2n) is 8.94. The predicted octanol–water partition coefficient (Wildman–Crippen LogP) is 2.84. The second kappa shape index (κ2) is 8.49. The zero-order valence-electron chi connectivity index (χ0n) is 19.7. The lowest BCUT2D eigenvalue weighted by Gasteiger charge is -2.40. The highest BCUT2D eigenvalue weighted by atomic mass is 32.2. The van der Waals surface area contributed by atoms with Crippen molar-refractivity contribution in [3.05, 3.63) is 85.5 Å². The first-order valence-electron chi connectivity index (χ1n) is 11.2. The lowest BCUT2D eigenvalue weighted by atomic mass is 9.61. The lowest BCUT2D eigenvalue weighted by Crippen LogP contribution is -2.49. The van der Waals surface area contributed by atoms with Gasteiger partial charge in [0.05, 0.1) is 28.4 Å². The number of sulfonamides is 1. The first-order chi connectivity index (χ1) is 17.5. The Morgan fingerprint density at radius 3 is 2.59 bits per heavy atom. The molecule has 13 heteroatoms. The summed E-state index contributed by atoms with van der Waals surface area (Å²) in [5.74, 6) is 0.646. The Kier molecular flexibility index (Phi) is 5.64. The molecule has 0 aromatic heterocycles. The Labute approximate surface area is 211 Å². The van der Waals surface area contributed by atoms with E-state index < -0.39 is 47.7 Å². The second-order valence-corrected chi connectivity index (χ2v) is 11.0. The first kappa shape index (κ1) is 24.6. The van der Waals surface area contributed by atoms with Gasteiger partial charge in [-0.05, 0) is 42.2 Å². The van der Waals surface area contributed by atoms with Gasteiger partial charge in [-0.3, -0.25) is 25.0 Å². The summed E-state index contributed by atoms with van der Waals surface area (Å²) < 4.78 is 39.3. The molecule has 0 radical (unpaired) electrons. The van der Waals surface area contributed by atoms with Crippen LogP contribution >= 0.6 is 0 Å². The quantitative estimate of drug-likeness (QED) is 0.371. The van der Waals surface area contributed by atoms with Crippen LogP contribution in [0.15, 0.2) is 59.0 Å². The standard InChI is InChI=1S/C24H21N3O9S/c1-25(37(33,34)20-10-7-16(26(29)30)13-17(20)27(31)32)12-11-24-15-5-3-14-4-9-19(35-2)22(21(14)24)36-23(24)18(28)8-6-15/h4-10,13,23H,3,11-12H2,1-2H3/t23-,24-/m1/s1. The van der Waals surface area contributed by atoms with Gasteiger partial charge in [0.25, 0.3) is 11.4 Å². The molecule has 12 nitrogen and oxygen atoms in total. The topological polar surface area (TPSA) is 159 Å². The molecule has 2 atom stereocenters. The molecule has 37 heavy (non-hydrogen) atoms. The van der Waals surface area contributed by atoms with E-state index in [0.717, 1.165) is 33.1 Å². The molecule has 2 aromatic carbocycles. The van der Waals surface area contributed by atoms with Crippen LogP contribution in [0.4, 0.5) is 11.4 Å². The highest BCUT2D eigenvalue weighted by molar-refractivity contribution is 7.89. The van der Waals surface area contributed by atoms with Gasteiger partial charge >= 0.3 is 0 Å². The highest BCUT2D eigenvalue weighted by Gasteiger charge is 2.58. The number of benzene rings is 2. The van der Waals surface area contributed by atoms with E-state index in [1.807, 2.05) is 12.1 Å². The van der Waals surface area contributed by atoms with Gasteiger partial charge in [-0.2, -0.15) is 0 Å². The fourth-order valence-electron chi connectivity index (χ4n) is 5.37. The Morgan fingerprint density at radius 1 is 1.16 bits per heavy atom. The van der Waals surface area contributed by atoms with Gasteiger partial charge in [0.15, 0.2) is 28.3 Å². The van der Waals surface area contributed by atoms with Gasteiger partial charge in [0.2, 0.25) is 10.0 Å². The monoisotopic (exact) mass is 527 g/mol. The summed E-state index contributed by atoms with van der Waals surface area (Å²) in [6.07, 6.45) is 4.97. The molecule has 0 saturated carbocycles. The van der Waals surface area contributed by atoms with Gasteiger partial charge in [0, 0.05) is 25.2 Å². The molecule has 0 amide bonds. The summed E-state index contributed by atoms with van der Waals surface area (Å²) in [5, 5.41) is 22.6. The number of non-ortho nitro benzene ring substituents is 1.